The number of likely N-dealkylation sites (tertiary alicyclic amines) is 1. The van der Waals surface area contributed by atoms with E-state index in [1.54, 1.807) is 12.5 Å². The fourth-order valence-electron chi connectivity index (χ4n) is 3.88. The molecule has 0 bridgehead atoms. The number of rotatable bonds is 4. The van der Waals surface area contributed by atoms with Crippen molar-refractivity contribution in [3.8, 4) is 0 Å². The molecule has 1 saturated heterocycles. The molecule has 5 nitrogen and oxygen atoms in total. The van der Waals surface area contributed by atoms with Crippen molar-refractivity contribution in [1.29, 1.82) is 0 Å². The Bertz CT molecular complexity index is 718. The molecular formula is C19H22N4O. The minimum absolute atomic E-state index is 0.117. The highest BCUT2D eigenvalue weighted by Crippen LogP contribution is 2.32. The van der Waals surface area contributed by atoms with Crippen molar-refractivity contribution in [2.75, 3.05) is 24.5 Å². The molecule has 4 rings (SSSR count). The van der Waals surface area contributed by atoms with Gasteiger partial charge in [-0.1, -0.05) is 18.2 Å². The minimum Gasteiger partial charge on any atom is -0.370 e. The molecule has 1 amide bonds. The molecule has 0 N–H and O–H groups in total. The first-order chi connectivity index (χ1) is 11.8. The van der Waals surface area contributed by atoms with Crippen LogP contribution in [0, 0.1) is 0 Å². The van der Waals surface area contributed by atoms with Crippen molar-refractivity contribution in [2.24, 2.45) is 0 Å². The molecule has 5 heteroatoms. The highest BCUT2D eigenvalue weighted by atomic mass is 16.2. The monoisotopic (exact) mass is 322 g/mol. The van der Waals surface area contributed by atoms with Gasteiger partial charge in [-0.2, -0.15) is 0 Å². The van der Waals surface area contributed by atoms with Crippen molar-refractivity contribution in [3.05, 3.63) is 54.1 Å². The van der Waals surface area contributed by atoms with E-state index in [4.69, 9.17) is 0 Å². The van der Waals surface area contributed by atoms with Crippen molar-refractivity contribution >= 4 is 11.6 Å². The van der Waals surface area contributed by atoms with Crippen LogP contribution in [0.3, 0.4) is 0 Å². The first-order valence-corrected chi connectivity index (χ1v) is 8.71. The number of carbonyl (C=O) groups is 1. The molecule has 3 heterocycles. The zero-order valence-corrected chi connectivity index (χ0v) is 13.8. The number of para-hydroxylation sites is 1. The van der Waals surface area contributed by atoms with Gasteiger partial charge in [0.1, 0.15) is 6.33 Å². The second-order valence-corrected chi connectivity index (χ2v) is 6.50. The van der Waals surface area contributed by atoms with Crippen LogP contribution in [-0.4, -0.2) is 40.4 Å². The van der Waals surface area contributed by atoms with Gasteiger partial charge in [-0.15, -0.1) is 0 Å². The van der Waals surface area contributed by atoms with Gasteiger partial charge in [0.15, 0.2) is 0 Å². The molecule has 0 aliphatic carbocycles. The predicted molar refractivity (Wildman–Crippen MR) is 92.7 cm³/mol. The third-order valence-corrected chi connectivity index (χ3v) is 5.10. The smallest absolute Gasteiger partial charge is 0.224 e. The lowest BCUT2D eigenvalue weighted by atomic mass is 10.1. The molecule has 0 radical (unpaired) electrons. The highest BCUT2D eigenvalue weighted by Gasteiger charge is 2.31. The van der Waals surface area contributed by atoms with Gasteiger partial charge in [0.2, 0.25) is 5.91 Å². The minimum atomic E-state index is 0.117. The molecule has 1 fully saturated rings. The summed E-state index contributed by atoms with van der Waals surface area (Å²) < 4.78 is 0. The van der Waals surface area contributed by atoms with Gasteiger partial charge < -0.3 is 9.80 Å². The van der Waals surface area contributed by atoms with Crippen LogP contribution in [0.1, 0.15) is 36.6 Å². The van der Waals surface area contributed by atoms with E-state index in [1.807, 2.05) is 11.0 Å². The first kappa shape index (κ1) is 15.1. The number of fused-ring (bicyclic) bond motifs is 1. The largest absolute Gasteiger partial charge is 0.370 e. The topological polar surface area (TPSA) is 49.3 Å². The number of hydrogen-bond donors (Lipinski definition) is 0. The maximum absolute atomic E-state index is 12.8. The van der Waals surface area contributed by atoms with Gasteiger partial charge in [0.25, 0.3) is 0 Å². The van der Waals surface area contributed by atoms with E-state index in [0.717, 1.165) is 44.6 Å². The van der Waals surface area contributed by atoms with Crippen LogP contribution in [-0.2, 0) is 11.2 Å². The SMILES string of the molecule is O=C(CCN1CCc2ccccc21)N1CCC[C@@H]1c1ccncn1. The summed E-state index contributed by atoms with van der Waals surface area (Å²) in [7, 11) is 0. The number of anilines is 1. The summed E-state index contributed by atoms with van der Waals surface area (Å²) in [6.07, 6.45) is 7.01. The van der Waals surface area contributed by atoms with Crippen LogP contribution in [0.25, 0.3) is 0 Å². The van der Waals surface area contributed by atoms with Crippen LogP contribution >= 0.6 is 0 Å². The van der Waals surface area contributed by atoms with Crippen molar-refractivity contribution < 1.29 is 4.79 Å². The lowest BCUT2D eigenvalue weighted by molar-refractivity contribution is -0.132. The summed E-state index contributed by atoms with van der Waals surface area (Å²) in [5.41, 5.74) is 3.64. The summed E-state index contributed by atoms with van der Waals surface area (Å²) >= 11 is 0. The molecule has 2 aromatic rings. The van der Waals surface area contributed by atoms with Crippen molar-refractivity contribution in [2.45, 2.75) is 31.7 Å². The Morgan fingerprint density at radius 3 is 3.00 bits per heavy atom. The zero-order valence-electron chi connectivity index (χ0n) is 13.8. The van der Waals surface area contributed by atoms with Crippen LogP contribution in [0.5, 0.6) is 0 Å². The lowest BCUT2D eigenvalue weighted by Gasteiger charge is -2.26. The summed E-state index contributed by atoms with van der Waals surface area (Å²) in [4.78, 5) is 25.4. The molecule has 1 aromatic heterocycles. The average Bonchev–Trinajstić information content (AvgIpc) is 3.28. The molecule has 1 atom stereocenters. The van der Waals surface area contributed by atoms with E-state index in [9.17, 15) is 4.79 Å². The van der Waals surface area contributed by atoms with E-state index < -0.39 is 0 Å². The third kappa shape index (κ3) is 2.86. The number of aromatic nitrogens is 2. The maximum Gasteiger partial charge on any atom is 0.224 e. The Labute approximate surface area is 142 Å². The Balaban J connectivity index is 1.40. The molecule has 1 aromatic carbocycles. The van der Waals surface area contributed by atoms with Gasteiger partial charge in [-0.25, -0.2) is 9.97 Å². The van der Waals surface area contributed by atoms with Crippen LogP contribution in [0.2, 0.25) is 0 Å². The number of benzene rings is 1. The fraction of sp³-hybridized carbons (Fsp3) is 0.421. The quantitative estimate of drug-likeness (QED) is 0.868. The second kappa shape index (κ2) is 6.59. The number of nitrogens with zero attached hydrogens (tertiary/aromatic N) is 4. The number of carbonyl (C=O) groups excluding carboxylic acids is 1. The van der Waals surface area contributed by atoms with Crippen LogP contribution < -0.4 is 4.90 Å². The van der Waals surface area contributed by atoms with Gasteiger partial charge in [-0.05, 0) is 37.0 Å². The van der Waals surface area contributed by atoms with Crippen LogP contribution in [0.4, 0.5) is 5.69 Å². The predicted octanol–water partition coefficient (Wildman–Crippen LogP) is 2.59. The summed E-state index contributed by atoms with van der Waals surface area (Å²) in [5, 5.41) is 0. The number of hydrogen-bond acceptors (Lipinski definition) is 4. The molecule has 24 heavy (non-hydrogen) atoms. The zero-order chi connectivity index (χ0) is 16.4. The van der Waals surface area contributed by atoms with Gasteiger partial charge in [0, 0.05) is 37.9 Å². The van der Waals surface area contributed by atoms with Gasteiger partial charge in [-0.3, -0.25) is 4.79 Å². The summed E-state index contributed by atoms with van der Waals surface area (Å²) in [6.45, 7) is 2.65. The molecule has 0 unspecified atom stereocenters. The molecule has 2 aliphatic heterocycles. The van der Waals surface area contributed by atoms with E-state index in [0.29, 0.717) is 6.42 Å². The average molecular weight is 322 g/mol. The molecule has 0 spiro atoms. The molecular weight excluding hydrogens is 300 g/mol. The Hall–Kier alpha value is -2.43. The lowest BCUT2D eigenvalue weighted by Crippen LogP contribution is -2.34. The third-order valence-electron chi connectivity index (χ3n) is 5.10. The fourth-order valence-corrected chi connectivity index (χ4v) is 3.88. The highest BCUT2D eigenvalue weighted by molar-refractivity contribution is 5.78. The van der Waals surface area contributed by atoms with Gasteiger partial charge >= 0.3 is 0 Å². The van der Waals surface area contributed by atoms with Crippen molar-refractivity contribution in [3.63, 3.8) is 0 Å². The van der Waals surface area contributed by atoms with Crippen molar-refractivity contribution in [1.82, 2.24) is 14.9 Å². The Morgan fingerprint density at radius 1 is 1.21 bits per heavy atom. The maximum atomic E-state index is 12.8. The van der Waals surface area contributed by atoms with E-state index in [-0.39, 0.29) is 11.9 Å². The van der Waals surface area contributed by atoms with E-state index >= 15 is 0 Å². The molecule has 124 valence electrons. The normalized spacial score (nSPS) is 19.6. The van der Waals surface area contributed by atoms with E-state index in [1.165, 1.54) is 11.3 Å². The van der Waals surface area contributed by atoms with Crippen LogP contribution in [0.15, 0.2) is 42.9 Å². The van der Waals surface area contributed by atoms with Gasteiger partial charge in [0.05, 0.1) is 11.7 Å². The Morgan fingerprint density at radius 2 is 2.12 bits per heavy atom. The molecule has 2 aliphatic rings. The molecule has 0 saturated carbocycles. The number of amides is 1. The second-order valence-electron chi connectivity index (χ2n) is 6.50. The van der Waals surface area contributed by atoms with E-state index in [2.05, 4.69) is 39.1 Å². The standard InChI is InChI=1S/C19H22N4O/c24-19(9-13-22-12-8-15-4-1-2-5-17(15)22)23-11-3-6-18(23)16-7-10-20-14-21-16/h1-2,4-5,7,10,14,18H,3,6,8-9,11-13H2/t18-/m1/s1. The summed E-state index contributed by atoms with van der Waals surface area (Å²) in [6, 6.07) is 10.5. The summed E-state index contributed by atoms with van der Waals surface area (Å²) in [5.74, 6) is 0.237. The Kier molecular flexibility index (Phi) is 4.15. The first-order valence-electron chi connectivity index (χ1n) is 8.71.